The van der Waals surface area contributed by atoms with Crippen LogP contribution in [-0.4, -0.2) is 71.7 Å². The Hall–Kier alpha value is -3.67. The standard InChI is InChI=1S/C30H42N6O5/c31-11-3-5-24-30(41)36-25(29(40)34-13-10-22-4-1-2-12-33-22)17-21-15-19(7-9-27(21)38)18-6-8-26(37)20(14-18)16-23(32)28(39)35-24/h6-9,14-15,22-25,33,37-38H,1-5,10-13,16-17,31-32H2,(H,34,40)(H,35,39)(H,36,41)/t22?,23-,24-,25-/m0/s1. The van der Waals surface area contributed by atoms with E-state index in [2.05, 4.69) is 21.3 Å². The molecule has 0 radical (unpaired) electrons. The first-order valence-electron chi connectivity index (χ1n) is 14.5. The van der Waals surface area contributed by atoms with Crippen molar-refractivity contribution in [2.45, 2.75) is 75.5 Å². The molecule has 1 unspecified atom stereocenters. The molecule has 4 bridgehead atoms. The first-order valence-corrected chi connectivity index (χ1v) is 14.5. The third-order valence-electron chi connectivity index (χ3n) is 7.86. The molecule has 1 fully saturated rings. The highest BCUT2D eigenvalue weighted by atomic mass is 16.3. The topological polar surface area (TPSA) is 192 Å². The van der Waals surface area contributed by atoms with E-state index in [9.17, 15) is 24.6 Å². The van der Waals surface area contributed by atoms with Crippen molar-refractivity contribution in [3.8, 4) is 22.6 Å². The maximum Gasteiger partial charge on any atom is 0.243 e. The van der Waals surface area contributed by atoms with E-state index in [1.54, 1.807) is 30.3 Å². The van der Waals surface area contributed by atoms with Crippen molar-refractivity contribution in [1.82, 2.24) is 21.3 Å². The number of benzene rings is 2. The van der Waals surface area contributed by atoms with Crippen LogP contribution < -0.4 is 32.7 Å². The zero-order chi connectivity index (χ0) is 29.4. The normalized spacial score (nSPS) is 23.5. The molecule has 4 rings (SSSR count). The van der Waals surface area contributed by atoms with Crippen molar-refractivity contribution in [2.24, 2.45) is 11.5 Å². The van der Waals surface area contributed by atoms with Gasteiger partial charge in [-0.05, 0) is 91.7 Å². The molecule has 10 N–H and O–H groups in total. The van der Waals surface area contributed by atoms with Crippen molar-refractivity contribution >= 4 is 17.7 Å². The second kappa shape index (κ2) is 14.3. The predicted molar refractivity (Wildman–Crippen MR) is 156 cm³/mol. The molecule has 0 aromatic heterocycles. The number of amides is 3. The monoisotopic (exact) mass is 566 g/mol. The van der Waals surface area contributed by atoms with Gasteiger partial charge in [0.15, 0.2) is 0 Å². The lowest BCUT2D eigenvalue weighted by molar-refractivity contribution is -0.132. The Balaban J connectivity index is 1.65. The van der Waals surface area contributed by atoms with Gasteiger partial charge in [0.1, 0.15) is 23.6 Å². The van der Waals surface area contributed by atoms with E-state index in [0.29, 0.717) is 36.7 Å². The molecule has 2 aliphatic heterocycles. The predicted octanol–water partition coefficient (Wildman–Crippen LogP) is 0.548. The first kappa shape index (κ1) is 30.3. The number of carbonyl (C=O) groups excluding carboxylic acids is 3. The van der Waals surface area contributed by atoms with E-state index in [-0.39, 0.29) is 36.7 Å². The van der Waals surface area contributed by atoms with Gasteiger partial charge in [0.05, 0.1) is 6.04 Å². The molecule has 2 heterocycles. The van der Waals surface area contributed by atoms with Gasteiger partial charge in [-0.15, -0.1) is 0 Å². The first-order chi connectivity index (χ1) is 19.7. The number of phenols is 2. The van der Waals surface area contributed by atoms with E-state index in [1.807, 2.05) is 0 Å². The van der Waals surface area contributed by atoms with Gasteiger partial charge >= 0.3 is 0 Å². The van der Waals surface area contributed by atoms with Gasteiger partial charge in [-0.2, -0.15) is 0 Å². The summed E-state index contributed by atoms with van der Waals surface area (Å²) in [6.07, 6.45) is 4.92. The summed E-state index contributed by atoms with van der Waals surface area (Å²) in [6, 6.07) is 7.38. The van der Waals surface area contributed by atoms with Crippen LogP contribution in [0.25, 0.3) is 11.1 Å². The van der Waals surface area contributed by atoms with Crippen molar-refractivity contribution in [1.29, 1.82) is 0 Å². The van der Waals surface area contributed by atoms with Crippen molar-refractivity contribution in [3.63, 3.8) is 0 Å². The van der Waals surface area contributed by atoms with Crippen LogP contribution >= 0.6 is 0 Å². The van der Waals surface area contributed by atoms with Gasteiger partial charge in [-0.25, -0.2) is 0 Å². The Labute approximate surface area is 240 Å². The molecule has 222 valence electrons. The van der Waals surface area contributed by atoms with Crippen molar-refractivity contribution < 1.29 is 24.6 Å². The Morgan fingerprint density at radius 2 is 1.61 bits per heavy atom. The van der Waals surface area contributed by atoms with Crippen LogP contribution in [0.2, 0.25) is 0 Å². The summed E-state index contributed by atoms with van der Waals surface area (Å²) in [7, 11) is 0. The minimum absolute atomic E-state index is 0.00194. The molecular weight excluding hydrogens is 524 g/mol. The fraction of sp³-hybridized carbons (Fsp3) is 0.500. The highest BCUT2D eigenvalue weighted by Gasteiger charge is 2.29. The molecule has 2 aromatic rings. The number of hydrogen-bond acceptors (Lipinski definition) is 8. The van der Waals surface area contributed by atoms with E-state index >= 15 is 0 Å². The van der Waals surface area contributed by atoms with E-state index in [4.69, 9.17) is 11.5 Å². The molecule has 4 atom stereocenters. The Morgan fingerprint density at radius 3 is 2.24 bits per heavy atom. The summed E-state index contributed by atoms with van der Waals surface area (Å²) in [5, 5.41) is 33.1. The number of piperidine rings is 1. The molecule has 0 saturated carbocycles. The lowest BCUT2D eigenvalue weighted by Gasteiger charge is -2.26. The number of nitrogens with one attached hydrogen (secondary N) is 4. The summed E-state index contributed by atoms with van der Waals surface area (Å²) in [4.78, 5) is 39.9. The Morgan fingerprint density at radius 1 is 0.927 bits per heavy atom. The SMILES string of the molecule is NCCC[C@@H]1NC(=O)[C@@H](N)Cc2cc(ccc2O)-c2ccc(O)c(c2)C[C@@H](C(=O)NCCC2CCCCN2)NC1=O. The quantitative estimate of drug-likeness (QED) is 0.238. The maximum atomic E-state index is 13.5. The molecule has 0 spiro atoms. The minimum atomic E-state index is -1.03. The molecule has 2 aromatic carbocycles. The summed E-state index contributed by atoms with van der Waals surface area (Å²) in [5.41, 5.74) is 14.3. The average Bonchev–Trinajstić information content (AvgIpc) is 2.97. The smallest absolute Gasteiger partial charge is 0.243 e. The van der Waals surface area contributed by atoms with Crippen molar-refractivity contribution in [2.75, 3.05) is 19.6 Å². The van der Waals surface area contributed by atoms with Crippen molar-refractivity contribution in [3.05, 3.63) is 47.5 Å². The molecule has 2 aliphatic rings. The molecule has 0 aliphatic carbocycles. The number of rotatable bonds is 7. The Kier molecular flexibility index (Phi) is 10.6. The van der Waals surface area contributed by atoms with Crippen LogP contribution in [-0.2, 0) is 27.2 Å². The van der Waals surface area contributed by atoms with Crippen LogP contribution in [0.4, 0.5) is 0 Å². The van der Waals surface area contributed by atoms with Gasteiger partial charge in [0.25, 0.3) is 0 Å². The van der Waals surface area contributed by atoms with E-state index < -0.39 is 29.9 Å². The van der Waals surface area contributed by atoms with Gasteiger partial charge in [-0.3, -0.25) is 14.4 Å². The largest absolute Gasteiger partial charge is 0.508 e. The zero-order valence-electron chi connectivity index (χ0n) is 23.3. The molecule has 11 heteroatoms. The molecular formula is C30H42N6O5. The zero-order valence-corrected chi connectivity index (χ0v) is 23.3. The van der Waals surface area contributed by atoms with Crippen LogP contribution in [0, 0.1) is 0 Å². The maximum absolute atomic E-state index is 13.5. The molecule has 1 saturated heterocycles. The number of carbonyl (C=O) groups is 3. The number of fused-ring (bicyclic) bond motifs is 5. The number of phenolic OH excluding ortho intramolecular Hbond substituents is 2. The van der Waals surface area contributed by atoms with Crippen LogP contribution in [0.1, 0.15) is 49.7 Å². The number of nitrogens with two attached hydrogens (primary N) is 2. The molecule has 41 heavy (non-hydrogen) atoms. The third kappa shape index (κ3) is 8.18. The summed E-state index contributed by atoms with van der Waals surface area (Å²) < 4.78 is 0. The van der Waals surface area contributed by atoms with Gasteiger partial charge in [0.2, 0.25) is 17.7 Å². The summed E-state index contributed by atoms with van der Waals surface area (Å²) in [5.74, 6) is -1.48. The van der Waals surface area contributed by atoms with E-state index in [1.165, 1.54) is 6.07 Å². The lowest BCUT2D eigenvalue weighted by Crippen LogP contribution is -2.56. The lowest BCUT2D eigenvalue weighted by atomic mass is 9.95. The second-order valence-electron chi connectivity index (χ2n) is 11.0. The summed E-state index contributed by atoms with van der Waals surface area (Å²) >= 11 is 0. The highest BCUT2D eigenvalue weighted by molar-refractivity contribution is 5.93. The van der Waals surface area contributed by atoms with Gasteiger partial charge in [0, 0.05) is 25.4 Å². The highest BCUT2D eigenvalue weighted by Crippen LogP contribution is 2.31. The minimum Gasteiger partial charge on any atom is -0.508 e. The van der Waals surface area contributed by atoms with Gasteiger partial charge in [-0.1, -0.05) is 18.6 Å². The molecule has 3 amide bonds. The van der Waals surface area contributed by atoms with Crippen LogP contribution in [0.3, 0.4) is 0 Å². The summed E-state index contributed by atoms with van der Waals surface area (Å²) in [6.45, 7) is 1.72. The Bertz CT molecular complexity index is 1230. The fourth-order valence-corrected chi connectivity index (χ4v) is 5.42. The second-order valence-corrected chi connectivity index (χ2v) is 11.0. The van der Waals surface area contributed by atoms with Crippen LogP contribution in [0.15, 0.2) is 36.4 Å². The number of aromatic hydroxyl groups is 2. The fourth-order valence-electron chi connectivity index (χ4n) is 5.42. The number of hydrogen-bond donors (Lipinski definition) is 8. The third-order valence-corrected chi connectivity index (χ3v) is 7.86. The van der Waals surface area contributed by atoms with Crippen LogP contribution in [0.5, 0.6) is 11.5 Å². The molecule has 11 nitrogen and oxygen atoms in total. The van der Waals surface area contributed by atoms with E-state index in [0.717, 1.165) is 43.4 Å². The average molecular weight is 567 g/mol. The van der Waals surface area contributed by atoms with Gasteiger partial charge < -0.3 is 42.9 Å².